The number of rotatable bonds is 4. The highest BCUT2D eigenvalue weighted by Crippen LogP contribution is 2.15. The Morgan fingerprint density at radius 2 is 1.70 bits per heavy atom. The number of anilines is 1. The number of benzene rings is 1. The second-order valence-electron chi connectivity index (χ2n) is 6.67. The van der Waals surface area contributed by atoms with Crippen LogP contribution in [0.15, 0.2) is 24.3 Å². The molecule has 23 heavy (non-hydrogen) atoms. The van der Waals surface area contributed by atoms with Gasteiger partial charge in [0.2, 0.25) is 5.91 Å². The summed E-state index contributed by atoms with van der Waals surface area (Å²) in [6, 6.07) is 7.73. The lowest BCUT2D eigenvalue weighted by Gasteiger charge is -2.33. The van der Waals surface area contributed by atoms with Crippen LogP contribution in [0.1, 0.15) is 37.0 Å². The van der Waals surface area contributed by atoms with E-state index in [1.807, 2.05) is 62.0 Å². The molecule has 1 aliphatic heterocycles. The lowest BCUT2D eigenvalue weighted by molar-refractivity contribution is -0.135. The minimum absolute atomic E-state index is 0.0380. The van der Waals surface area contributed by atoms with Crippen molar-refractivity contribution in [1.82, 2.24) is 10.2 Å². The Morgan fingerprint density at radius 1 is 1.13 bits per heavy atom. The number of likely N-dealkylation sites (tertiary alicyclic amines) is 1. The van der Waals surface area contributed by atoms with Crippen molar-refractivity contribution in [2.24, 2.45) is 5.92 Å². The maximum atomic E-state index is 12.3. The summed E-state index contributed by atoms with van der Waals surface area (Å²) in [5, 5.41) is 3.08. The molecule has 1 aromatic carbocycles. The molecule has 0 radical (unpaired) electrons. The van der Waals surface area contributed by atoms with Crippen molar-refractivity contribution in [3.63, 3.8) is 0 Å². The Bertz CT molecular complexity index is 544. The van der Waals surface area contributed by atoms with E-state index in [9.17, 15) is 9.59 Å². The molecule has 5 nitrogen and oxygen atoms in total. The van der Waals surface area contributed by atoms with E-state index >= 15 is 0 Å². The van der Waals surface area contributed by atoms with Crippen molar-refractivity contribution in [1.29, 1.82) is 0 Å². The third-order valence-corrected chi connectivity index (χ3v) is 4.28. The number of nitrogens with zero attached hydrogens (tertiary/aromatic N) is 2. The molecule has 0 atom stereocenters. The van der Waals surface area contributed by atoms with Crippen LogP contribution in [0.4, 0.5) is 5.69 Å². The lowest BCUT2D eigenvalue weighted by Crippen LogP contribution is -2.47. The van der Waals surface area contributed by atoms with Crippen molar-refractivity contribution >= 4 is 17.5 Å². The van der Waals surface area contributed by atoms with E-state index in [0.29, 0.717) is 5.56 Å². The molecule has 5 heteroatoms. The summed E-state index contributed by atoms with van der Waals surface area (Å²) in [6.45, 7) is 5.30. The van der Waals surface area contributed by atoms with Gasteiger partial charge in [-0.3, -0.25) is 9.59 Å². The van der Waals surface area contributed by atoms with Gasteiger partial charge in [0, 0.05) is 50.4 Å². The maximum Gasteiger partial charge on any atom is 0.251 e. The summed E-state index contributed by atoms with van der Waals surface area (Å²) >= 11 is 0. The van der Waals surface area contributed by atoms with Gasteiger partial charge in [0.1, 0.15) is 0 Å². The normalized spacial score (nSPS) is 15.6. The van der Waals surface area contributed by atoms with Gasteiger partial charge in [0.15, 0.2) is 0 Å². The first-order chi connectivity index (χ1) is 10.9. The average molecular weight is 317 g/mol. The van der Waals surface area contributed by atoms with Crippen LogP contribution in [0.2, 0.25) is 0 Å². The molecular formula is C18H27N3O2. The molecule has 1 N–H and O–H groups in total. The third kappa shape index (κ3) is 4.47. The van der Waals surface area contributed by atoms with Crippen LogP contribution in [0.25, 0.3) is 0 Å². The van der Waals surface area contributed by atoms with Crippen molar-refractivity contribution in [2.75, 3.05) is 32.1 Å². The van der Waals surface area contributed by atoms with Gasteiger partial charge >= 0.3 is 0 Å². The summed E-state index contributed by atoms with van der Waals surface area (Å²) < 4.78 is 0. The number of carbonyl (C=O) groups is 2. The van der Waals surface area contributed by atoms with Gasteiger partial charge in [0.25, 0.3) is 5.91 Å². The molecule has 0 unspecified atom stereocenters. The van der Waals surface area contributed by atoms with Gasteiger partial charge in [-0.15, -0.1) is 0 Å². The summed E-state index contributed by atoms with van der Waals surface area (Å²) in [5.74, 6) is 0.203. The van der Waals surface area contributed by atoms with Gasteiger partial charge in [0.05, 0.1) is 0 Å². The minimum Gasteiger partial charge on any atom is -0.378 e. The molecule has 2 amide bonds. The second-order valence-corrected chi connectivity index (χ2v) is 6.67. The molecule has 1 aromatic rings. The van der Waals surface area contributed by atoms with E-state index in [4.69, 9.17) is 0 Å². The first-order valence-corrected chi connectivity index (χ1v) is 8.25. The molecule has 1 fully saturated rings. The molecule has 1 aliphatic rings. The van der Waals surface area contributed by atoms with Crippen LogP contribution < -0.4 is 10.2 Å². The number of nitrogens with one attached hydrogen (secondary N) is 1. The van der Waals surface area contributed by atoms with Crippen molar-refractivity contribution in [3.8, 4) is 0 Å². The Labute approximate surface area is 138 Å². The van der Waals surface area contributed by atoms with Gasteiger partial charge in [-0.25, -0.2) is 0 Å². The minimum atomic E-state index is -0.0380. The summed E-state index contributed by atoms with van der Waals surface area (Å²) in [6.07, 6.45) is 1.64. The van der Waals surface area contributed by atoms with E-state index in [1.54, 1.807) is 0 Å². The van der Waals surface area contributed by atoms with E-state index in [-0.39, 0.29) is 23.8 Å². The van der Waals surface area contributed by atoms with E-state index < -0.39 is 0 Å². The van der Waals surface area contributed by atoms with Crippen LogP contribution in [0.3, 0.4) is 0 Å². The standard InChI is InChI=1S/C18H27N3O2/c1-13(2)18(23)21-11-9-15(10-12-21)19-17(22)14-5-7-16(8-6-14)20(3)4/h5-8,13,15H,9-12H2,1-4H3,(H,19,22). The first-order valence-electron chi connectivity index (χ1n) is 8.25. The van der Waals surface area contributed by atoms with Gasteiger partial charge < -0.3 is 15.1 Å². The van der Waals surface area contributed by atoms with Crippen LogP contribution in [0.5, 0.6) is 0 Å². The highest BCUT2D eigenvalue weighted by Gasteiger charge is 2.25. The molecular weight excluding hydrogens is 290 g/mol. The van der Waals surface area contributed by atoms with Crippen molar-refractivity contribution < 1.29 is 9.59 Å². The topological polar surface area (TPSA) is 52.7 Å². The number of carbonyl (C=O) groups excluding carboxylic acids is 2. The molecule has 0 aromatic heterocycles. The highest BCUT2D eigenvalue weighted by atomic mass is 16.2. The third-order valence-electron chi connectivity index (χ3n) is 4.28. The second kappa shape index (κ2) is 7.49. The predicted molar refractivity (Wildman–Crippen MR) is 92.7 cm³/mol. The Morgan fingerprint density at radius 3 is 2.17 bits per heavy atom. The highest BCUT2D eigenvalue weighted by molar-refractivity contribution is 5.94. The molecule has 1 heterocycles. The fraction of sp³-hybridized carbons (Fsp3) is 0.556. The van der Waals surface area contributed by atoms with E-state index in [1.165, 1.54) is 0 Å². The number of amides is 2. The molecule has 1 saturated heterocycles. The monoisotopic (exact) mass is 317 g/mol. The molecule has 0 aliphatic carbocycles. The maximum absolute atomic E-state index is 12.3. The van der Waals surface area contributed by atoms with Crippen LogP contribution in [0, 0.1) is 5.92 Å². The van der Waals surface area contributed by atoms with Crippen LogP contribution >= 0.6 is 0 Å². The smallest absolute Gasteiger partial charge is 0.251 e. The van der Waals surface area contributed by atoms with Crippen LogP contribution in [-0.4, -0.2) is 49.9 Å². The molecule has 2 rings (SSSR count). The quantitative estimate of drug-likeness (QED) is 0.925. The lowest BCUT2D eigenvalue weighted by atomic mass is 10.0. The zero-order chi connectivity index (χ0) is 17.0. The molecule has 0 spiro atoms. The Kier molecular flexibility index (Phi) is 5.64. The van der Waals surface area contributed by atoms with Crippen LogP contribution in [-0.2, 0) is 4.79 Å². The van der Waals surface area contributed by atoms with Gasteiger partial charge in [-0.05, 0) is 37.1 Å². The van der Waals surface area contributed by atoms with Crippen molar-refractivity contribution in [3.05, 3.63) is 29.8 Å². The van der Waals surface area contributed by atoms with Gasteiger partial charge in [-0.1, -0.05) is 13.8 Å². The summed E-state index contributed by atoms with van der Waals surface area (Å²) in [5.41, 5.74) is 1.75. The largest absolute Gasteiger partial charge is 0.378 e. The van der Waals surface area contributed by atoms with E-state index in [2.05, 4.69) is 5.32 Å². The molecule has 0 saturated carbocycles. The number of piperidine rings is 1. The first kappa shape index (κ1) is 17.3. The Hall–Kier alpha value is -2.04. The predicted octanol–water partition coefficient (Wildman–Crippen LogP) is 2.13. The van der Waals surface area contributed by atoms with Gasteiger partial charge in [-0.2, -0.15) is 0 Å². The zero-order valence-corrected chi connectivity index (χ0v) is 14.5. The molecule has 126 valence electrons. The molecule has 0 bridgehead atoms. The zero-order valence-electron chi connectivity index (χ0n) is 14.5. The fourth-order valence-corrected chi connectivity index (χ4v) is 2.79. The van der Waals surface area contributed by atoms with Crippen molar-refractivity contribution in [2.45, 2.75) is 32.7 Å². The van der Waals surface area contributed by atoms with E-state index in [0.717, 1.165) is 31.6 Å². The SMILES string of the molecule is CC(C)C(=O)N1CCC(NC(=O)c2ccc(N(C)C)cc2)CC1. The summed E-state index contributed by atoms with van der Waals surface area (Å²) in [4.78, 5) is 28.2. The average Bonchev–Trinajstić information content (AvgIpc) is 2.54. The Balaban J connectivity index is 1.86. The number of hydrogen-bond donors (Lipinski definition) is 1. The summed E-state index contributed by atoms with van der Waals surface area (Å²) in [7, 11) is 3.95. The fourth-order valence-electron chi connectivity index (χ4n) is 2.79. The number of hydrogen-bond acceptors (Lipinski definition) is 3.